The van der Waals surface area contributed by atoms with Crippen LogP contribution in [0, 0.1) is 0 Å². The Hall–Kier alpha value is -4.77. The zero-order chi connectivity index (χ0) is 31.5. The number of hydrogen-bond acceptors (Lipinski definition) is 9. The third-order valence-corrected chi connectivity index (χ3v) is 9.36. The summed E-state index contributed by atoms with van der Waals surface area (Å²) >= 11 is 0. The van der Waals surface area contributed by atoms with Crippen LogP contribution in [0.25, 0.3) is 22.5 Å². The second-order valence-electron chi connectivity index (χ2n) is 12.3. The Kier molecular flexibility index (Phi) is 8.65. The molecule has 3 aliphatic heterocycles. The van der Waals surface area contributed by atoms with Crippen LogP contribution in [0.2, 0.25) is 0 Å². The number of nitrogens with zero attached hydrogens (tertiary/aromatic N) is 6. The highest BCUT2D eigenvalue weighted by molar-refractivity contribution is 5.95. The van der Waals surface area contributed by atoms with Crippen LogP contribution in [0.3, 0.4) is 0 Å². The molecule has 11 heteroatoms. The summed E-state index contributed by atoms with van der Waals surface area (Å²) in [5.74, 6) is 1.45. The molecule has 0 atom stereocenters. The minimum Gasteiger partial charge on any atom is -0.480 e. The Labute approximate surface area is 268 Å². The first-order valence-corrected chi connectivity index (χ1v) is 16.3. The molecule has 0 spiro atoms. The number of ether oxygens (including phenoxy) is 1. The first kappa shape index (κ1) is 29.9. The summed E-state index contributed by atoms with van der Waals surface area (Å²) in [6, 6.07) is 17.2. The van der Waals surface area contributed by atoms with E-state index in [2.05, 4.69) is 20.0 Å². The average Bonchev–Trinajstić information content (AvgIpc) is 3.92. The first-order chi connectivity index (χ1) is 22.5. The summed E-state index contributed by atoms with van der Waals surface area (Å²) in [5, 5.41) is 4.07. The van der Waals surface area contributed by atoms with Crippen LogP contribution in [0.4, 0.5) is 5.82 Å². The van der Waals surface area contributed by atoms with Gasteiger partial charge in [-0.15, -0.1) is 0 Å². The zero-order valence-corrected chi connectivity index (χ0v) is 25.9. The summed E-state index contributed by atoms with van der Waals surface area (Å²) < 4.78 is 11.3. The number of carbonyl (C=O) groups excluding carboxylic acids is 2. The summed E-state index contributed by atoms with van der Waals surface area (Å²) in [6.07, 6.45) is 8.47. The normalized spacial score (nSPS) is 17.5. The van der Waals surface area contributed by atoms with E-state index in [1.165, 1.54) is 25.9 Å². The standard InChI is InChI=1S/C35H39N7O4/c36-32-30(45-23-31-38-33(39-46-31)25-7-11-27(12-8-25)34(43)41-17-3-4-18-41)21-28(22-37-32)24-5-9-26(10-6-24)35(44)42-19-13-29(14-20-42)40-15-1-2-16-40/h5-12,21-22,29H,1-4,13-20,23H2,(H2,36,37). The van der Waals surface area contributed by atoms with E-state index in [9.17, 15) is 9.59 Å². The highest BCUT2D eigenvalue weighted by Crippen LogP contribution is 2.29. The summed E-state index contributed by atoms with van der Waals surface area (Å²) in [4.78, 5) is 41.1. The van der Waals surface area contributed by atoms with Gasteiger partial charge in [-0.25, -0.2) is 4.98 Å². The van der Waals surface area contributed by atoms with Gasteiger partial charge in [-0.1, -0.05) is 29.4 Å². The summed E-state index contributed by atoms with van der Waals surface area (Å²) in [5.41, 5.74) is 9.90. The van der Waals surface area contributed by atoms with Crippen molar-refractivity contribution >= 4 is 17.6 Å². The quantitative estimate of drug-likeness (QED) is 0.292. The molecular formula is C35H39N7O4. The number of nitrogen functional groups attached to an aromatic ring is 1. The van der Waals surface area contributed by atoms with Crippen molar-refractivity contribution in [1.82, 2.24) is 29.8 Å². The number of carbonyl (C=O) groups is 2. The van der Waals surface area contributed by atoms with E-state index in [1.807, 2.05) is 52.3 Å². The van der Waals surface area contributed by atoms with Gasteiger partial charge in [-0.3, -0.25) is 9.59 Å². The van der Waals surface area contributed by atoms with Gasteiger partial charge in [-0.2, -0.15) is 4.98 Å². The van der Waals surface area contributed by atoms with Crippen molar-refractivity contribution in [3.05, 3.63) is 77.8 Å². The molecule has 0 saturated carbocycles. The first-order valence-electron chi connectivity index (χ1n) is 16.3. The fraction of sp³-hybridized carbons (Fsp3) is 0.400. The predicted molar refractivity (Wildman–Crippen MR) is 173 cm³/mol. The van der Waals surface area contributed by atoms with Crippen LogP contribution in [-0.2, 0) is 6.61 Å². The van der Waals surface area contributed by atoms with Gasteiger partial charge in [0.25, 0.3) is 17.7 Å². The number of piperidine rings is 1. The van der Waals surface area contributed by atoms with Crippen LogP contribution in [-0.4, -0.2) is 86.9 Å². The van der Waals surface area contributed by atoms with Crippen molar-refractivity contribution < 1.29 is 18.8 Å². The number of hydrogen-bond donors (Lipinski definition) is 1. The molecule has 2 aromatic carbocycles. The minimum absolute atomic E-state index is 0.00968. The van der Waals surface area contributed by atoms with E-state index in [-0.39, 0.29) is 30.1 Å². The fourth-order valence-electron chi connectivity index (χ4n) is 6.69. The topological polar surface area (TPSA) is 131 Å². The van der Waals surface area contributed by atoms with Crippen molar-refractivity contribution in [1.29, 1.82) is 0 Å². The lowest BCUT2D eigenvalue weighted by Crippen LogP contribution is -2.45. The molecule has 3 saturated heterocycles. The number of benzene rings is 2. The lowest BCUT2D eigenvalue weighted by molar-refractivity contribution is 0.0644. The molecule has 4 aromatic rings. The number of nitrogens with two attached hydrogens (primary N) is 1. The molecule has 0 bridgehead atoms. The van der Waals surface area contributed by atoms with E-state index < -0.39 is 0 Å². The molecule has 3 fully saturated rings. The average molecular weight is 622 g/mol. The monoisotopic (exact) mass is 621 g/mol. The molecule has 238 valence electrons. The Balaban J connectivity index is 0.952. The van der Waals surface area contributed by atoms with E-state index in [1.54, 1.807) is 18.3 Å². The molecule has 46 heavy (non-hydrogen) atoms. The van der Waals surface area contributed by atoms with Crippen LogP contribution in [0.5, 0.6) is 5.75 Å². The molecule has 0 unspecified atom stereocenters. The maximum atomic E-state index is 13.2. The van der Waals surface area contributed by atoms with Crippen LogP contribution >= 0.6 is 0 Å². The van der Waals surface area contributed by atoms with Gasteiger partial charge < -0.3 is 29.7 Å². The van der Waals surface area contributed by atoms with Crippen molar-refractivity contribution in [2.75, 3.05) is 45.0 Å². The van der Waals surface area contributed by atoms with Crippen LogP contribution in [0.15, 0.2) is 65.3 Å². The third-order valence-electron chi connectivity index (χ3n) is 9.36. The Morgan fingerprint density at radius 3 is 2.02 bits per heavy atom. The highest BCUT2D eigenvalue weighted by atomic mass is 16.5. The minimum atomic E-state index is 0.00968. The number of amides is 2. The number of rotatable bonds is 8. The second kappa shape index (κ2) is 13.3. The molecule has 3 aliphatic rings. The summed E-state index contributed by atoms with van der Waals surface area (Å²) in [6.45, 7) is 5.63. The van der Waals surface area contributed by atoms with Crippen molar-refractivity contribution in [2.45, 2.75) is 51.2 Å². The van der Waals surface area contributed by atoms with E-state index in [4.69, 9.17) is 15.0 Å². The smallest absolute Gasteiger partial charge is 0.264 e. The predicted octanol–water partition coefficient (Wildman–Crippen LogP) is 4.90. The third kappa shape index (κ3) is 6.46. The van der Waals surface area contributed by atoms with Crippen molar-refractivity contribution in [3.8, 4) is 28.3 Å². The number of likely N-dealkylation sites (tertiary alicyclic amines) is 3. The molecular weight excluding hydrogens is 582 g/mol. The molecule has 0 radical (unpaired) electrons. The molecule has 11 nitrogen and oxygen atoms in total. The summed E-state index contributed by atoms with van der Waals surface area (Å²) in [7, 11) is 0. The number of aromatic nitrogens is 3. The molecule has 7 rings (SSSR count). The van der Waals surface area contributed by atoms with Crippen LogP contribution in [0.1, 0.15) is 65.1 Å². The van der Waals surface area contributed by atoms with Gasteiger partial charge in [-0.05, 0) is 87.5 Å². The maximum absolute atomic E-state index is 13.2. The van der Waals surface area contributed by atoms with E-state index in [0.29, 0.717) is 28.7 Å². The number of anilines is 1. The molecule has 2 N–H and O–H groups in total. The Bertz CT molecular complexity index is 1670. The molecule has 0 aliphatic carbocycles. The molecule has 2 aromatic heterocycles. The fourth-order valence-corrected chi connectivity index (χ4v) is 6.69. The Morgan fingerprint density at radius 2 is 1.37 bits per heavy atom. The lowest BCUT2D eigenvalue weighted by atomic mass is 10.0. The zero-order valence-electron chi connectivity index (χ0n) is 25.9. The van der Waals surface area contributed by atoms with E-state index in [0.717, 1.165) is 68.6 Å². The molecule has 5 heterocycles. The van der Waals surface area contributed by atoms with E-state index >= 15 is 0 Å². The van der Waals surface area contributed by atoms with Gasteiger partial charge >= 0.3 is 0 Å². The van der Waals surface area contributed by atoms with Gasteiger partial charge in [0.15, 0.2) is 18.2 Å². The second-order valence-corrected chi connectivity index (χ2v) is 12.3. The highest BCUT2D eigenvalue weighted by Gasteiger charge is 2.28. The van der Waals surface area contributed by atoms with Gasteiger partial charge in [0, 0.05) is 60.7 Å². The van der Waals surface area contributed by atoms with Gasteiger partial charge in [0.05, 0.1) is 0 Å². The Morgan fingerprint density at radius 1 is 0.783 bits per heavy atom. The SMILES string of the molecule is Nc1ncc(-c2ccc(C(=O)N3CCC(N4CCCC4)CC3)cc2)cc1OCc1nc(-c2ccc(C(=O)N3CCCC3)cc2)no1. The lowest BCUT2D eigenvalue weighted by Gasteiger charge is -2.36. The van der Waals surface area contributed by atoms with Crippen LogP contribution < -0.4 is 10.5 Å². The van der Waals surface area contributed by atoms with Gasteiger partial charge in [0.2, 0.25) is 5.82 Å². The maximum Gasteiger partial charge on any atom is 0.264 e. The van der Waals surface area contributed by atoms with Crippen molar-refractivity contribution in [2.24, 2.45) is 0 Å². The molecule has 2 amide bonds. The largest absolute Gasteiger partial charge is 0.480 e. The number of pyridine rings is 1. The van der Waals surface area contributed by atoms with Gasteiger partial charge in [0.1, 0.15) is 0 Å². The van der Waals surface area contributed by atoms with Crippen molar-refractivity contribution in [3.63, 3.8) is 0 Å².